The SMILES string of the molecule is COC(=O)COc1c(Cl)cc(C=Nn2c(C(C)C)nc3ccc(Br)cc3c2=O)cc1[N+](=O)[O-]. The summed E-state index contributed by atoms with van der Waals surface area (Å²) in [7, 11) is 1.16. The highest BCUT2D eigenvalue weighted by atomic mass is 79.9. The van der Waals surface area contributed by atoms with Gasteiger partial charge in [-0.1, -0.05) is 41.4 Å². The summed E-state index contributed by atoms with van der Waals surface area (Å²) < 4.78 is 11.5. The van der Waals surface area contributed by atoms with Crippen LogP contribution in [0.5, 0.6) is 5.75 Å². The van der Waals surface area contributed by atoms with Crippen LogP contribution in [0.15, 0.2) is 44.7 Å². The first kappa shape index (κ1) is 24.3. The molecule has 2 aromatic carbocycles. The quantitative estimate of drug-likeness (QED) is 0.191. The van der Waals surface area contributed by atoms with Crippen LogP contribution >= 0.6 is 27.5 Å². The van der Waals surface area contributed by atoms with Crippen molar-refractivity contribution < 1.29 is 19.2 Å². The molecule has 0 aliphatic heterocycles. The Kier molecular flexibility index (Phi) is 7.44. The molecule has 0 aliphatic rings. The topological polar surface area (TPSA) is 126 Å². The second-order valence-electron chi connectivity index (χ2n) is 7.12. The van der Waals surface area contributed by atoms with E-state index in [9.17, 15) is 19.7 Å². The normalized spacial score (nSPS) is 11.3. The third-order valence-corrected chi connectivity index (χ3v) is 5.25. The van der Waals surface area contributed by atoms with Gasteiger partial charge in [0.15, 0.2) is 6.61 Å². The molecule has 3 aromatic rings. The van der Waals surface area contributed by atoms with Crippen LogP contribution < -0.4 is 10.3 Å². The smallest absolute Gasteiger partial charge is 0.343 e. The van der Waals surface area contributed by atoms with E-state index in [1.807, 2.05) is 13.8 Å². The first-order valence-electron chi connectivity index (χ1n) is 9.56. The number of carbonyl (C=O) groups is 1. The zero-order valence-electron chi connectivity index (χ0n) is 17.7. The summed E-state index contributed by atoms with van der Waals surface area (Å²) in [5.41, 5.74) is -0.0815. The molecule has 1 heterocycles. The minimum atomic E-state index is -0.720. The monoisotopic (exact) mass is 536 g/mol. The largest absolute Gasteiger partial charge is 0.474 e. The van der Waals surface area contributed by atoms with Crippen molar-refractivity contribution in [3.05, 3.63) is 71.7 Å². The Balaban J connectivity index is 2.08. The maximum atomic E-state index is 13.1. The average Bonchev–Trinajstić information content (AvgIpc) is 2.77. The van der Waals surface area contributed by atoms with Crippen LogP contribution in [0.3, 0.4) is 0 Å². The second-order valence-corrected chi connectivity index (χ2v) is 8.44. The number of carbonyl (C=O) groups excluding carboxylic acids is 1. The Morgan fingerprint density at radius 1 is 1.36 bits per heavy atom. The van der Waals surface area contributed by atoms with Gasteiger partial charge in [0.05, 0.1) is 34.2 Å². The summed E-state index contributed by atoms with van der Waals surface area (Å²) in [6.07, 6.45) is 1.27. The van der Waals surface area contributed by atoms with Crippen molar-refractivity contribution in [3.63, 3.8) is 0 Å². The van der Waals surface area contributed by atoms with E-state index in [4.69, 9.17) is 16.3 Å². The van der Waals surface area contributed by atoms with Crippen LogP contribution in [0.4, 0.5) is 5.69 Å². The molecule has 0 saturated heterocycles. The number of nitro benzene ring substituents is 1. The van der Waals surface area contributed by atoms with Crippen LogP contribution in [0.25, 0.3) is 10.9 Å². The summed E-state index contributed by atoms with van der Waals surface area (Å²) in [4.78, 5) is 39.8. The van der Waals surface area contributed by atoms with Gasteiger partial charge >= 0.3 is 11.7 Å². The Morgan fingerprint density at radius 3 is 2.73 bits per heavy atom. The molecule has 1 aromatic heterocycles. The van der Waals surface area contributed by atoms with E-state index in [1.54, 1.807) is 18.2 Å². The number of aromatic nitrogens is 2. The number of hydrogen-bond donors (Lipinski definition) is 0. The lowest BCUT2D eigenvalue weighted by Crippen LogP contribution is -2.23. The van der Waals surface area contributed by atoms with Crippen molar-refractivity contribution in [2.24, 2.45) is 5.10 Å². The van der Waals surface area contributed by atoms with Crippen molar-refractivity contribution in [1.29, 1.82) is 0 Å². The molecule has 0 saturated carbocycles. The van der Waals surface area contributed by atoms with Crippen molar-refractivity contribution in [3.8, 4) is 5.75 Å². The number of esters is 1. The molecule has 0 fully saturated rings. The van der Waals surface area contributed by atoms with Crippen molar-refractivity contribution in [2.75, 3.05) is 13.7 Å². The Labute approximate surface area is 201 Å². The fraction of sp³-hybridized carbons (Fsp3) is 0.238. The molecule has 0 N–H and O–H groups in total. The van der Waals surface area contributed by atoms with E-state index >= 15 is 0 Å². The Hall–Kier alpha value is -3.31. The standard InChI is InChI=1S/C21H18BrClN4O6/c1-11(2)20-25-16-5-4-13(22)8-14(16)21(29)26(20)24-9-12-6-15(23)19(17(7-12)27(30)31)33-10-18(28)32-3/h4-9,11H,10H2,1-3H3. The van der Waals surface area contributed by atoms with Gasteiger partial charge in [0.25, 0.3) is 5.56 Å². The molecular weight excluding hydrogens is 520 g/mol. The van der Waals surface area contributed by atoms with Crippen LogP contribution in [-0.2, 0) is 9.53 Å². The number of rotatable bonds is 7. The van der Waals surface area contributed by atoms with E-state index in [2.05, 4.69) is 30.8 Å². The Bertz CT molecular complexity index is 1340. The van der Waals surface area contributed by atoms with E-state index in [0.29, 0.717) is 21.2 Å². The van der Waals surface area contributed by atoms with Crippen molar-refractivity contribution in [1.82, 2.24) is 9.66 Å². The molecule has 0 unspecified atom stereocenters. The molecule has 33 heavy (non-hydrogen) atoms. The third-order valence-electron chi connectivity index (χ3n) is 4.48. The number of hydrogen-bond acceptors (Lipinski definition) is 8. The highest BCUT2D eigenvalue weighted by Gasteiger charge is 2.22. The summed E-state index contributed by atoms with van der Waals surface area (Å²) in [5, 5.41) is 16.0. The Morgan fingerprint density at radius 2 is 2.09 bits per heavy atom. The lowest BCUT2D eigenvalue weighted by molar-refractivity contribution is -0.385. The lowest BCUT2D eigenvalue weighted by atomic mass is 10.2. The highest BCUT2D eigenvalue weighted by molar-refractivity contribution is 9.10. The second kappa shape index (κ2) is 10.1. The van der Waals surface area contributed by atoms with Gasteiger partial charge in [-0.25, -0.2) is 9.78 Å². The predicted molar refractivity (Wildman–Crippen MR) is 126 cm³/mol. The van der Waals surface area contributed by atoms with Gasteiger partial charge in [0.2, 0.25) is 5.75 Å². The van der Waals surface area contributed by atoms with Crippen molar-refractivity contribution >= 4 is 56.3 Å². The summed E-state index contributed by atoms with van der Waals surface area (Å²) in [6, 6.07) is 7.72. The summed E-state index contributed by atoms with van der Waals surface area (Å²) in [6.45, 7) is 3.19. The molecular formula is C21H18BrClN4O6. The fourth-order valence-corrected chi connectivity index (χ4v) is 3.56. The number of benzene rings is 2. The van der Waals surface area contributed by atoms with E-state index in [0.717, 1.165) is 11.8 Å². The lowest BCUT2D eigenvalue weighted by Gasteiger charge is -2.12. The zero-order valence-corrected chi connectivity index (χ0v) is 20.1. The maximum Gasteiger partial charge on any atom is 0.343 e. The maximum absolute atomic E-state index is 13.1. The van der Waals surface area contributed by atoms with Gasteiger partial charge < -0.3 is 9.47 Å². The van der Waals surface area contributed by atoms with Crippen LogP contribution in [0, 0.1) is 10.1 Å². The highest BCUT2D eigenvalue weighted by Crippen LogP contribution is 2.36. The van der Waals surface area contributed by atoms with Crippen LogP contribution in [-0.4, -0.2) is 40.5 Å². The predicted octanol–water partition coefficient (Wildman–Crippen LogP) is 4.28. The van der Waals surface area contributed by atoms with E-state index < -0.39 is 23.2 Å². The summed E-state index contributed by atoms with van der Waals surface area (Å²) in [5.74, 6) is -0.705. The van der Waals surface area contributed by atoms with Gasteiger partial charge in [0, 0.05) is 22.0 Å². The number of nitrogens with zero attached hydrogens (tertiary/aromatic N) is 4. The molecule has 0 amide bonds. The molecule has 12 heteroatoms. The minimum Gasteiger partial charge on any atom is -0.474 e. The first-order chi connectivity index (χ1) is 15.6. The molecule has 0 radical (unpaired) electrons. The van der Waals surface area contributed by atoms with E-state index in [-0.39, 0.29) is 27.8 Å². The van der Waals surface area contributed by atoms with Crippen LogP contribution in [0.2, 0.25) is 5.02 Å². The molecule has 0 atom stereocenters. The number of halogens is 2. The molecule has 0 aliphatic carbocycles. The van der Waals surface area contributed by atoms with Gasteiger partial charge in [-0.15, -0.1) is 0 Å². The van der Waals surface area contributed by atoms with Gasteiger partial charge in [-0.2, -0.15) is 9.78 Å². The first-order valence-corrected chi connectivity index (χ1v) is 10.7. The molecule has 0 spiro atoms. The number of fused-ring (bicyclic) bond motifs is 1. The number of nitro groups is 1. The zero-order chi connectivity index (χ0) is 24.3. The number of methoxy groups -OCH3 is 1. The van der Waals surface area contributed by atoms with Crippen molar-refractivity contribution in [2.45, 2.75) is 19.8 Å². The molecule has 10 nitrogen and oxygen atoms in total. The van der Waals surface area contributed by atoms with Gasteiger partial charge in [0.1, 0.15) is 5.82 Å². The van der Waals surface area contributed by atoms with Gasteiger partial charge in [-0.3, -0.25) is 14.9 Å². The molecule has 0 bridgehead atoms. The molecule has 3 rings (SSSR count). The van der Waals surface area contributed by atoms with E-state index in [1.165, 1.54) is 18.3 Å². The third kappa shape index (κ3) is 5.37. The minimum absolute atomic E-state index is 0.105. The van der Waals surface area contributed by atoms with Crippen LogP contribution in [0.1, 0.15) is 31.2 Å². The number of ether oxygens (including phenoxy) is 2. The molecule has 172 valence electrons. The average molecular weight is 538 g/mol. The fourth-order valence-electron chi connectivity index (χ4n) is 2.92. The summed E-state index contributed by atoms with van der Waals surface area (Å²) >= 11 is 9.51. The van der Waals surface area contributed by atoms with Gasteiger partial charge in [-0.05, 0) is 24.3 Å².